The Morgan fingerprint density at radius 3 is 2.15 bits per heavy atom. The van der Waals surface area contributed by atoms with Crippen LogP contribution in [0.5, 0.6) is 0 Å². The minimum Gasteiger partial charge on any atom is -0.461 e. The maximum atomic E-state index is 12.9. The van der Waals surface area contributed by atoms with Crippen LogP contribution in [0.25, 0.3) is 0 Å². The number of hydrogen-bond acceptors (Lipinski definition) is 7. The van der Waals surface area contributed by atoms with Crippen molar-refractivity contribution in [1.82, 2.24) is 5.32 Å². The second-order valence-electron chi connectivity index (χ2n) is 9.26. The van der Waals surface area contributed by atoms with E-state index in [0.717, 1.165) is 17.2 Å². The fraction of sp³-hybridized carbons (Fsp3) is 0.542. The Morgan fingerprint density at radius 1 is 1.03 bits per heavy atom. The summed E-state index contributed by atoms with van der Waals surface area (Å²) in [4.78, 5) is 37.5. The minimum atomic E-state index is -3.47. The molecule has 0 heterocycles. The average Bonchev–Trinajstić information content (AvgIpc) is 2.67. The number of nitrogens with one attached hydrogen (secondary N) is 1. The number of esters is 2. The van der Waals surface area contributed by atoms with Crippen molar-refractivity contribution in [3.8, 4) is 0 Å². The van der Waals surface area contributed by atoms with Crippen molar-refractivity contribution >= 4 is 27.7 Å². The quantitative estimate of drug-likeness (QED) is 0.483. The molecule has 1 amide bonds. The average molecular weight is 482 g/mol. The molecule has 0 unspecified atom stereocenters. The van der Waals surface area contributed by atoms with Gasteiger partial charge in [0.15, 0.2) is 9.84 Å². The Bertz CT molecular complexity index is 931. The molecule has 33 heavy (non-hydrogen) atoms. The van der Waals surface area contributed by atoms with E-state index in [1.165, 1.54) is 6.08 Å². The molecule has 0 bridgehead atoms. The lowest BCUT2D eigenvalue weighted by Gasteiger charge is -2.24. The van der Waals surface area contributed by atoms with Crippen molar-refractivity contribution in [1.29, 1.82) is 0 Å². The fourth-order valence-electron chi connectivity index (χ4n) is 2.86. The number of hydrogen-bond donors (Lipinski definition) is 1. The number of ether oxygens (including phenoxy) is 2. The van der Waals surface area contributed by atoms with Gasteiger partial charge in [-0.2, -0.15) is 0 Å². The van der Waals surface area contributed by atoms with Gasteiger partial charge in [-0.05, 0) is 32.3 Å². The molecule has 1 aromatic carbocycles. The van der Waals surface area contributed by atoms with Crippen LogP contribution in [0, 0.1) is 11.8 Å². The summed E-state index contributed by atoms with van der Waals surface area (Å²) in [7, 11) is -3.47. The van der Waals surface area contributed by atoms with Gasteiger partial charge < -0.3 is 14.8 Å². The summed E-state index contributed by atoms with van der Waals surface area (Å²) in [5.74, 6) is -2.51. The summed E-state index contributed by atoms with van der Waals surface area (Å²) in [6.07, 6.45) is 1.85. The normalized spacial score (nSPS) is 14.0. The first-order valence-electron chi connectivity index (χ1n) is 10.8. The van der Waals surface area contributed by atoms with E-state index in [4.69, 9.17) is 9.47 Å². The Balaban J connectivity index is 2.86. The first-order valence-corrected chi connectivity index (χ1v) is 12.7. The fourth-order valence-corrected chi connectivity index (χ4v) is 3.34. The molecule has 0 radical (unpaired) electrons. The molecule has 0 aliphatic rings. The van der Waals surface area contributed by atoms with Crippen molar-refractivity contribution in [3.05, 3.63) is 47.4 Å². The monoisotopic (exact) mass is 481 g/mol. The van der Waals surface area contributed by atoms with Crippen LogP contribution in [-0.2, 0) is 40.3 Å². The molecular weight excluding hydrogens is 446 g/mol. The second-order valence-corrected chi connectivity index (χ2v) is 11.2. The first-order chi connectivity index (χ1) is 15.2. The lowest BCUT2D eigenvalue weighted by Crippen LogP contribution is -2.42. The zero-order chi connectivity index (χ0) is 25.2. The standard InChI is InChI=1S/C24H35NO7S/c1-17(2)20(15-21(26)31-16-18-10-8-7-9-11-18)23(28)25-19(12-13-33(6,29)30)14-22(27)32-24(3,4)5/h7-13,17,19-20H,14-16H2,1-6H3,(H,25,28)/b13-12+/t19-,20+/m1/s1. The molecule has 0 aromatic heterocycles. The summed E-state index contributed by atoms with van der Waals surface area (Å²) >= 11 is 0. The summed E-state index contributed by atoms with van der Waals surface area (Å²) in [5.41, 5.74) is 0.106. The number of rotatable bonds is 11. The topological polar surface area (TPSA) is 116 Å². The predicted octanol–water partition coefficient (Wildman–Crippen LogP) is 3.17. The van der Waals surface area contributed by atoms with Crippen LogP contribution >= 0.6 is 0 Å². The Labute approximate surface area is 196 Å². The number of carbonyl (C=O) groups excluding carboxylic acids is 3. The Kier molecular flexibility index (Phi) is 10.8. The number of amides is 1. The molecule has 0 spiro atoms. The van der Waals surface area contributed by atoms with E-state index >= 15 is 0 Å². The number of carbonyl (C=O) groups is 3. The lowest BCUT2D eigenvalue weighted by molar-refractivity contribution is -0.155. The molecule has 0 aliphatic carbocycles. The van der Waals surface area contributed by atoms with Gasteiger partial charge in [0.1, 0.15) is 12.2 Å². The van der Waals surface area contributed by atoms with Crippen LogP contribution < -0.4 is 5.32 Å². The van der Waals surface area contributed by atoms with Crippen molar-refractivity contribution in [2.75, 3.05) is 6.26 Å². The summed E-state index contributed by atoms with van der Waals surface area (Å²) in [5, 5.41) is 3.60. The molecule has 184 valence electrons. The van der Waals surface area contributed by atoms with E-state index in [1.807, 2.05) is 30.3 Å². The zero-order valence-electron chi connectivity index (χ0n) is 20.2. The number of benzene rings is 1. The maximum Gasteiger partial charge on any atom is 0.308 e. The summed E-state index contributed by atoms with van der Waals surface area (Å²) in [6.45, 7) is 8.82. The van der Waals surface area contributed by atoms with E-state index in [0.29, 0.717) is 0 Å². The highest BCUT2D eigenvalue weighted by Gasteiger charge is 2.28. The van der Waals surface area contributed by atoms with Gasteiger partial charge in [-0.3, -0.25) is 14.4 Å². The van der Waals surface area contributed by atoms with Crippen LogP contribution in [0.3, 0.4) is 0 Å². The predicted molar refractivity (Wildman–Crippen MR) is 126 cm³/mol. The summed E-state index contributed by atoms with van der Waals surface area (Å²) in [6, 6.07) is 8.27. The van der Waals surface area contributed by atoms with E-state index in [-0.39, 0.29) is 25.4 Å². The van der Waals surface area contributed by atoms with E-state index in [2.05, 4.69) is 5.32 Å². The highest BCUT2D eigenvalue weighted by Crippen LogP contribution is 2.18. The maximum absolute atomic E-state index is 12.9. The zero-order valence-corrected chi connectivity index (χ0v) is 21.0. The van der Waals surface area contributed by atoms with E-state index in [9.17, 15) is 22.8 Å². The molecule has 0 saturated heterocycles. The minimum absolute atomic E-state index is 0.102. The van der Waals surface area contributed by atoms with Gasteiger partial charge >= 0.3 is 11.9 Å². The van der Waals surface area contributed by atoms with Crippen LogP contribution in [0.2, 0.25) is 0 Å². The van der Waals surface area contributed by atoms with Gasteiger partial charge in [-0.25, -0.2) is 8.42 Å². The molecule has 1 aromatic rings. The van der Waals surface area contributed by atoms with Crippen molar-refractivity contribution < 1.29 is 32.3 Å². The lowest BCUT2D eigenvalue weighted by atomic mass is 9.91. The molecular formula is C24H35NO7S. The first kappa shape index (κ1) is 28.4. The molecule has 0 aliphatic heterocycles. The third-order valence-corrected chi connectivity index (χ3v) is 5.11. The molecule has 2 atom stereocenters. The largest absolute Gasteiger partial charge is 0.461 e. The van der Waals surface area contributed by atoms with Crippen LogP contribution in [0.15, 0.2) is 41.8 Å². The van der Waals surface area contributed by atoms with Gasteiger partial charge in [0.25, 0.3) is 0 Å². The van der Waals surface area contributed by atoms with Crippen LogP contribution in [-0.4, -0.2) is 44.2 Å². The van der Waals surface area contributed by atoms with Crippen molar-refractivity contribution in [2.24, 2.45) is 11.8 Å². The molecule has 8 nitrogen and oxygen atoms in total. The summed E-state index contributed by atoms with van der Waals surface area (Å²) < 4.78 is 33.6. The highest BCUT2D eigenvalue weighted by molar-refractivity contribution is 7.93. The van der Waals surface area contributed by atoms with Gasteiger partial charge in [-0.1, -0.05) is 50.3 Å². The third kappa shape index (κ3) is 12.8. The van der Waals surface area contributed by atoms with Gasteiger partial charge in [0, 0.05) is 11.7 Å². The van der Waals surface area contributed by atoms with E-state index < -0.39 is 45.2 Å². The highest BCUT2D eigenvalue weighted by atomic mass is 32.2. The SMILES string of the molecule is CC(C)[C@H](CC(=O)OCc1ccccc1)C(=O)N[C@H](/C=C/S(C)(=O)=O)CC(=O)OC(C)(C)C. The third-order valence-electron chi connectivity index (χ3n) is 4.46. The molecule has 1 rings (SSSR count). The van der Waals surface area contributed by atoms with Crippen molar-refractivity contribution in [2.45, 2.75) is 65.7 Å². The smallest absolute Gasteiger partial charge is 0.308 e. The van der Waals surface area contributed by atoms with Gasteiger partial charge in [-0.15, -0.1) is 0 Å². The van der Waals surface area contributed by atoms with Crippen LogP contribution in [0.1, 0.15) is 53.0 Å². The van der Waals surface area contributed by atoms with Crippen molar-refractivity contribution in [3.63, 3.8) is 0 Å². The Morgan fingerprint density at radius 2 is 1.64 bits per heavy atom. The number of sulfone groups is 1. The van der Waals surface area contributed by atoms with E-state index in [1.54, 1.807) is 34.6 Å². The van der Waals surface area contributed by atoms with Gasteiger partial charge in [0.05, 0.1) is 24.8 Å². The molecule has 0 saturated carbocycles. The second kappa shape index (κ2) is 12.5. The molecule has 0 fully saturated rings. The molecule has 9 heteroatoms. The Hall–Kier alpha value is -2.68. The van der Waals surface area contributed by atoms with Crippen LogP contribution in [0.4, 0.5) is 0 Å². The van der Waals surface area contributed by atoms with Gasteiger partial charge in [0.2, 0.25) is 5.91 Å². The molecule has 1 N–H and O–H groups in total.